The summed E-state index contributed by atoms with van der Waals surface area (Å²) in [6.45, 7) is 0. The van der Waals surface area contributed by atoms with Gasteiger partial charge >= 0.3 is 0 Å². The maximum absolute atomic E-state index is 10.1. The molecule has 2 rings (SSSR count). The van der Waals surface area contributed by atoms with Crippen molar-refractivity contribution in [1.29, 1.82) is 0 Å². The van der Waals surface area contributed by atoms with Crippen molar-refractivity contribution in [3.63, 3.8) is 0 Å². The van der Waals surface area contributed by atoms with Crippen molar-refractivity contribution < 1.29 is 5.11 Å². The van der Waals surface area contributed by atoms with Crippen molar-refractivity contribution in [1.82, 2.24) is 0 Å². The fourth-order valence-electron chi connectivity index (χ4n) is 3.28. The van der Waals surface area contributed by atoms with Gasteiger partial charge in [0.2, 0.25) is 0 Å². The summed E-state index contributed by atoms with van der Waals surface area (Å²) < 4.78 is 0. The predicted molar refractivity (Wildman–Crippen MR) is 68.4 cm³/mol. The second-order valence-corrected chi connectivity index (χ2v) is 5.71. The Morgan fingerprint density at radius 2 is 1.94 bits per heavy atom. The molecule has 2 aliphatic rings. The summed E-state index contributed by atoms with van der Waals surface area (Å²) in [5, 5.41) is 10.1. The lowest BCUT2D eigenvalue weighted by Gasteiger charge is -2.25. The van der Waals surface area contributed by atoms with Gasteiger partial charge in [0.15, 0.2) is 0 Å². The zero-order valence-corrected chi connectivity index (χ0v) is 10.5. The van der Waals surface area contributed by atoms with Gasteiger partial charge in [0.05, 0.1) is 6.10 Å². The normalized spacial score (nSPS) is 25.2. The van der Waals surface area contributed by atoms with Gasteiger partial charge in [-0.2, -0.15) is 0 Å². The summed E-state index contributed by atoms with van der Waals surface area (Å²) in [7, 11) is 0. The van der Waals surface area contributed by atoms with Gasteiger partial charge in [0, 0.05) is 0 Å². The number of aliphatic hydroxyl groups excluding tert-OH is 1. The molecule has 1 atom stereocenters. The quantitative estimate of drug-likeness (QED) is 0.706. The molecule has 0 amide bonds. The number of allylic oxidation sites excluding steroid dienone is 1. The van der Waals surface area contributed by atoms with Crippen molar-refractivity contribution in [2.75, 3.05) is 0 Å². The monoisotopic (exact) mass is 222 g/mol. The molecule has 1 N–H and O–H groups in total. The minimum absolute atomic E-state index is 0.0625. The SMILES string of the molecule is OC(CC1=CCCCC1)CC1CCCCC1. The Balaban J connectivity index is 1.70. The molecule has 0 aromatic heterocycles. The molecule has 0 spiro atoms. The van der Waals surface area contributed by atoms with Crippen LogP contribution >= 0.6 is 0 Å². The van der Waals surface area contributed by atoms with Crippen molar-refractivity contribution >= 4 is 0 Å². The molecule has 1 saturated carbocycles. The van der Waals surface area contributed by atoms with E-state index in [0.29, 0.717) is 0 Å². The molecule has 0 aromatic carbocycles. The van der Waals surface area contributed by atoms with Crippen LogP contribution in [-0.4, -0.2) is 11.2 Å². The first kappa shape index (κ1) is 12.2. The van der Waals surface area contributed by atoms with Crippen LogP contribution in [0.25, 0.3) is 0 Å². The first-order valence-electron chi connectivity index (χ1n) is 7.20. The van der Waals surface area contributed by atoms with E-state index in [9.17, 15) is 5.11 Å². The molecule has 0 saturated heterocycles. The fraction of sp³-hybridized carbons (Fsp3) is 0.867. The molecule has 92 valence electrons. The fourth-order valence-corrected chi connectivity index (χ4v) is 3.28. The minimum Gasteiger partial charge on any atom is -0.393 e. The Labute approximate surface area is 99.9 Å². The average Bonchev–Trinajstić information content (AvgIpc) is 2.31. The number of hydrogen-bond donors (Lipinski definition) is 1. The van der Waals surface area contributed by atoms with E-state index in [1.807, 2.05) is 0 Å². The van der Waals surface area contributed by atoms with Crippen LogP contribution in [0.4, 0.5) is 0 Å². The highest BCUT2D eigenvalue weighted by Gasteiger charge is 2.18. The topological polar surface area (TPSA) is 20.2 Å². The Morgan fingerprint density at radius 3 is 2.62 bits per heavy atom. The highest BCUT2D eigenvalue weighted by molar-refractivity contribution is 5.06. The van der Waals surface area contributed by atoms with Gasteiger partial charge in [-0.15, -0.1) is 0 Å². The molecule has 1 unspecified atom stereocenters. The Morgan fingerprint density at radius 1 is 1.12 bits per heavy atom. The largest absolute Gasteiger partial charge is 0.393 e. The molecule has 0 aliphatic heterocycles. The van der Waals surface area contributed by atoms with E-state index in [1.165, 1.54) is 63.4 Å². The van der Waals surface area contributed by atoms with Crippen LogP contribution in [0.15, 0.2) is 11.6 Å². The smallest absolute Gasteiger partial charge is 0.0580 e. The van der Waals surface area contributed by atoms with E-state index >= 15 is 0 Å². The lowest BCUT2D eigenvalue weighted by Crippen LogP contribution is -2.17. The van der Waals surface area contributed by atoms with Gasteiger partial charge in [-0.25, -0.2) is 0 Å². The Hall–Kier alpha value is -0.300. The van der Waals surface area contributed by atoms with Crippen LogP contribution in [0, 0.1) is 5.92 Å². The zero-order chi connectivity index (χ0) is 11.2. The molecule has 0 aromatic rings. The summed E-state index contributed by atoms with van der Waals surface area (Å²) in [6, 6.07) is 0. The van der Waals surface area contributed by atoms with Crippen LogP contribution in [0.3, 0.4) is 0 Å². The molecule has 1 fully saturated rings. The maximum Gasteiger partial charge on any atom is 0.0580 e. The van der Waals surface area contributed by atoms with Crippen LogP contribution in [0.2, 0.25) is 0 Å². The molecule has 0 bridgehead atoms. The van der Waals surface area contributed by atoms with Crippen LogP contribution in [-0.2, 0) is 0 Å². The van der Waals surface area contributed by atoms with E-state index in [0.717, 1.165) is 18.8 Å². The highest BCUT2D eigenvalue weighted by atomic mass is 16.3. The molecular formula is C15H26O. The average molecular weight is 222 g/mol. The minimum atomic E-state index is -0.0625. The van der Waals surface area contributed by atoms with Crippen molar-refractivity contribution in [2.24, 2.45) is 5.92 Å². The third-order valence-corrected chi connectivity index (χ3v) is 4.21. The van der Waals surface area contributed by atoms with Gasteiger partial charge in [0.25, 0.3) is 0 Å². The van der Waals surface area contributed by atoms with Crippen LogP contribution in [0.1, 0.15) is 70.6 Å². The number of aliphatic hydroxyl groups is 1. The Bertz CT molecular complexity index is 226. The summed E-state index contributed by atoms with van der Waals surface area (Å²) in [5.74, 6) is 0.813. The third kappa shape index (κ3) is 3.93. The third-order valence-electron chi connectivity index (χ3n) is 4.21. The van der Waals surface area contributed by atoms with Gasteiger partial charge in [-0.1, -0.05) is 43.8 Å². The van der Waals surface area contributed by atoms with E-state index in [4.69, 9.17) is 0 Å². The number of hydrogen-bond acceptors (Lipinski definition) is 1. The van der Waals surface area contributed by atoms with Crippen LogP contribution in [0.5, 0.6) is 0 Å². The molecule has 0 heterocycles. The lowest BCUT2D eigenvalue weighted by atomic mass is 9.83. The number of rotatable bonds is 4. The lowest BCUT2D eigenvalue weighted by molar-refractivity contribution is 0.129. The molecule has 16 heavy (non-hydrogen) atoms. The van der Waals surface area contributed by atoms with E-state index < -0.39 is 0 Å². The van der Waals surface area contributed by atoms with Crippen molar-refractivity contribution in [3.05, 3.63) is 11.6 Å². The summed E-state index contributed by atoms with van der Waals surface area (Å²) in [6.07, 6.45) is 16.4. The van der Waals surface area contributed by atoms with Gasteiger partial charge in [-0.05, 0) is 44.4 Å². The zero-order valence-electron chi connectivity index (χ0n) is 10.5. The van der Waals surface area contributed by atoms with Crippen molar-refractivity contribution in [3.8, 4) is 0 Å². The van der Waals surface area contributed by atoms with Gasteiger partial charge in [-0.3, -0.25) is 0 Å². The van der Waals surface area contributed by atoms with Gasteiger partial charge in [0.1, 0.15) is 0 Å². The van der Waals surface area contributed by atoms with Gasteiger partial charge < -0.3 is 5.11 Å². The summed E-state index contributed by atoms with van der Waals surface area (Å²) >= 11 is 0. The first-order valence-corrected chi connectivity index (χ1v) is 7.20. The predicted octanol–water partition coefficient (Wildman–Crippen LogP) is 4.21. The molecule has 0 radical (unpaired) electrons. The summed E-state index contributed by atoms with van der Waals surface area (Å²) in [4.78, 5) is 0. The molecule has 1 nitrogen and oxygen atoms in total. The van der Waals surface area contributed by atoms with Crippen LogP contribution < -0.4 is 0 Å². The Kier molecular flexibility index (Phi) is 4.90. The molecular weight excluding hydrogens is 196 g/mol. The molecule has 1 heteroatoms. The molecule has 2 aliphatic carbocycles. The highest BCUT2D eigenvalue weighted by Crippen LogP contribution is 2.30. The van der Waals surface area contributed by atoms with E-state index in [-0.39, 0.29) is 6.10 Å². The standard InChI is InChI=1S/C15H26O/c16-15(11-13-7-3-1-4-8-13)12-14-9-5-2-6-10-14/h7,14-16H,1-6,8-12H2. The summed E-state index contributed by atoms with van der Waals surface area (Å²) in [5.41, 5.74) is 1.52. The first-order chi connectivity index (χ1) is 7.84. The van der Waals surface area contributed by atoms with E-state index in [1.54, 1.807) is 0 Å². The van der Waals surface area contributed by atoms with Crippen molar-refractivity contribution in [2.45, 2.75) is 76.7 Å². The maximum atomic E-state index is 10.1. The second-order valence-electron chi connectivity index (χ2n) is 5.71. The second kappa shape index (κ2) is 6.44. The van der Waals surface area contributed by atoms with E-state index in [2.05, 4.69) is 6.08 Å².